The van der Waals surface area contributed by atoms with Crippen molar-refractivity contribution in [2.24, 2.45) is 34.6 Å². The molecule has 5 rings (SSSR count). The van der Waals surface area contributed by atoms with Gasteiger partial charge in [-0.2, -0.15) is 0 Å². The Morgan fingerprint density at radius 1 is 1.20 bits per heavy atom. The molecule has 6 atom stereocenters. The lowest BCUT2D eigenvalue weighted by molar-refractivity contribution is -0.181. The van der Waals surface area contributed by atoms with Crippen LogP contribution in [-0.2, 0) is 16.0 Å². The minimum Gasteiger partial charge on any atom is -0.396 e. The quantitative estimate of drug-likeness (QED) is 0.0939. The molecule has 4 aliphatic rings. The summed E-state index contributed by atoms with van der Waals surface area (Å²) in [6.07, 6.45) is 14.8. The molecule has 3 fully saturated rings. The number of benzene rings is 1. The van der Waals surface area contributed by atoms with Gasteiger partial charge in [-0.3, -0.25) is 4.79 Å². The highest BCUT2D eigenvalue weighted by Crippen LogP contribution is 2.67. The molecule has 7 N–H and O–H groups in total. The summed E-state index contributed by atoms with van der Waals surface area (Å²) in [6, 6.07) is 7.54. The van der Waals surface area contributed by atoms with Crippen LogP contribution in [-0.4, -0.2) is 52.6 Å². The van der Waals surface area contributed by atoms with Crippen LogP contribution in [0.3, 0.4) is 0 Å². The molecule has 50 heavy (non-hydrogen) atoms. The van der Waals surface area contributed by atoms with Crippen molar-refractivity contribution in [2.75, 3.05) is 19.8 Å². The van der Waals surface area contributed by atoms with Crippen LogP contribution >= 0.6 is 0 Å². The number of carbonyl (C=O) groups excluding carboxylic acids is 1. The van der Waals surface area contributed by atoms with Crippen molar-refractivity contribution in [3.63, 3.8) is 0 Å². The zero-order chi connectivity index (χ0) is 35.9. The number of aliphatic hydroxyl groups excluding tert-OH is 2. The van der Waals surface area contributed by atoms with Gasteiger partial charge in [0.25, 0.3) is 0 Å². The lowest BCUT2D eigenvalue weighted by Crippen LogP contribution is -2.61. The molecule has 0 saturated heterocycles. The Morgan fingerprint density at radius 2 is 2.02 bits per heavy atom. The van der Waals surface area contributed by atoms with Crippen molar-refractivity contribution in [1.82, 2.24) is 0 Å². The standard InChI is InChI=1S/C43H58N2O5/c1-29-11-4-5-24-50-28-35(17-7-14-30(2)13-6-12-29)39-34-18-9-21-42(49)22-20-36(37(19-10-23-46)43(42,27-34)40(39)48)31(3)38(47)26-32-15-8-16-33(25-32)41(44)45/h7-8,12,14-17,25,34,37,39-41,46,48-49H,2,6,9-11,13,18-24,26-28,44-45H2,1,3H3/b14-7+,29-12+,35-17-,36-31+/t34-,37-,39-,40-,42-,43-/m1/s1. The molecule has 0 radical (unpaired) electrons. The largest absolute Gasteiger partial charge is 0.396 e. The Morgan fingerprint density at radius 3 is 2.80 bits per heavy atom. The highest BCUT2D eigenvalue weighted by atomic mass is 16.5. The minimum atomic E-state index is -1.09. The second-order valence-corrected chi connectivity index (χ2v) is 15.2. The fourth-order valence-electron chi connectivity index (χ4n) is 9.54. The number of hydrogen-bond acceptors (Lipinski definition) is 7. The molecule has 1 heterocycles. The van der Waals surface area contributed by atoms with Gasteiger partial charge in [-0.1, -0.05) is 90.1 Å². The molecule has 0 amide bonds. The Bertz CT molecular complexity index is 1590. The summed E-state index contributed by atoms with van der Waals surface area (Å²) in [4.78, 5) is 14.0. The lowest BCUT2D eigenvalue weighted by atomic mass is 9.51. The van der Waals surface area contributed by atoms with Gasteiger partial charge in [0.15, 0.2) is 5.78 Å². The van der Waals surface area contributed by atoms with E-state index in [1.165, 1.54) is 5.57 Å². The molecular formula is C43H58N2O5. The second kappa shape index (κ2) is 17.0. The molecule has 1 spiro atoms. The molecule has 7 heteroatoms. The third kappa shape index (κ3) is 8.18. The normalized spacial score (nSPS) is 34.4. The first-order chi connectivity index (χ1) is 24.0. The number of allylic oxidation sites excluding steroid dienone is 8. The smallest absolute Gasteiger partial charge is 0.162 e. The summed E-state index contributed by atoms with van der Waals surface area (Å²) in [6.45, 7) is 8.90. The summed E-state index contributed by atoms with van der Waals surface area (Å²) >= 11 is 0. The average molecular weight is 683 g/mol. The van der Waals surface area contributed by atoms with Crippen LogP contribution in [0.1, 0.15) is 102 Å². The predicted molar refractivity (Wildman–Crippen MR) is 199 cm³/mol. The second-order valence-electron chi connectivity index (χ2n) is 15.2. The molecule has 3 aliphatic carbocycles. The van der Waals surface area contributed by atoms with Gasteiger partial charge in [0.1, 0.15) is 6.61 Å². The first-order valence-electron chi connectivity index (χ1n) is 18.6. The highest BCUT2D eigenvalue weighted by Gasteiger charge is 2.68. The van der Waals surface area contributed by atoms with Crippen LogP contribution in [0.4, 0.5) is 0 Å². The molecule has 3 saturated carbocycles. The summed E-state index contributed by atoms with van der Waals surface area (Å²) in [5, 5.41) is 35.5. The summed E-state index contributed by atoms with van der Waals surface area (Å²) in [5.41, 5.74) is 16.5. The van der Waals surface area contributed by atoms with E-state index in [9.17, 15) is 20.1 Å². The van der Waals surface area contributed by atoms with E-state index in [1.54, 1.807) is 0 Å². The third-order valence-corrected chi connectivity index (χ3v) is 12.1. The van der Waals surface area contributed by atoms with Crippen molar-refractivity contribution < 1.29 is 24.9 Å². The highest BCUT2D eigenvalue weighted by molar-refractivity contribution is 5.97. The Kier molecular flexibility index (Phi) is 12.9. The first kappa shape index (κ1) is 38.1. The zero-order valence-corrected chi connectivity index (χ0v) is 30.1. The van der Waals surface area contributed by atoms with E-state index in [-0.39, 0.29) is 36.6 Å². The molecule has 0 aromatic heterocycles. The van der Waals surface area contributed by atoms with E-state index in [0.29, 0.717) is 63.7 Å². The van der Waals surface area contributed by atoms with Crippen LogP contribution in [0.15, 0.2) is 83.0 Å². The molecule has 0 unspecified atom stereocenters. The van der Waals surface area contributed by atoms with Crippen LogP contribution in [0.25, 0.3) is 0 Å². The van der Waals surface area contributed by atoms with Crippen molar-refractivity contribution >= 4 is 5.78 Å². The van der Waals surface area contributed by atoms with Crippen molar-refractivity contribution in [3.05, 3.63) is 94.1 Å². The summed E-state index contributed by atoms with van der Waals surface area (Å²) in [7, 11) is 0. The van der Waals surface area contributed by atoms with Gasteiger partial charge >= 0.3 is 0 Å². The fraction of sp³-hybridized carbons (Fsp3) is 0.558. The van der Waals surface area contributed by atoms with Gasteiger partial charge in [0.2, 0.25) is 0 Å². The number of ketones is 1. The van der Waals surface area contributed by atoms with E-state index >= 15 is 0 Å². The minimum absolute atomic E-state index is 0.00409. The van der Waals surface area contributed by atoms with Crippen molar-refractivity contribution in [3.8, 4) is 11.8 Å². The number of hydrogen-bond donors (Lipinski definition) is 5. The maximum Gasteiger partial charge on any atom is 0.162 e. The average Bonchev–Trinajstić information content (AvgIpc) is 3.26. The predicted octanol–water partition coefficient (Wildman–Crippen LogP) is 6.30. The Balaban J connectivity index is 1.52. The van der Waals surface area contributed by atoms with Crippen LogP contribution in [0, 0.1) is 35.0 Å². The Hall–Kier alpha value is -3.09. The zero-order valence-electron chi connectivity index (χ0n) is 30.1. The SMILES string of the molecule is C=C1/C=C/C=C(\[C@H]2[C@@H]3CCC[C@@]4(O)CC/C(=C(/C)C(=O)Cc5cccc(C(N)N)c5)[C@@H](CCCO)[C@]4(C3)[C@@H]2O)COCC#CC/C(C)=C/CC1. The van der Waals surface area contributed by atoms with Gasteiger partial charge in [-0.15, -0.1) is 0 Å². The molecule has 7 nitrogen and oxygen atoms in total. The summed E-state index contributed by atoms with van der Waals surface area (Å²) < 4.78 is 6.15. The first-order valence-corrected chi connectivity index (χ1v) is 18.6. The van der Waals surface area contributed by atoms with Gasteiger partial charge in [-0.25, -0.2) is 0 Å². The van der Waals surface area contributed by atoms with Gasteiger partial charge in [0, 0.05) is 30.8 Å². The molecule has 1 aliphatic heterocycles. The molecule has 1 aromatic rings. The number of carbonyl (C=O) groups is 1. The van der Waals surface area contributed by atoms with Crippen molar-refractivity contribution in [1.29, 1.82) is 0 Å². The van der Waals surface area contributed by atoms with E-state index < -0.39 is 23.3 Å². The maximum atomic E-state index is 14.0. The third-order valence-electron chi connectivity index (χ3n) is 12.1. The number of aliphatic hydroxyl groups is 3. The van der Waals surface area contributed by atoms with E-state index in [1.807, 2.05) is 43.3 Å². The maximum absolute atomic E-state index is 14.0. The lowest BCUT2D eigenvalue weighted by Gasteiger charge is -2.57. The summed E-state index contributed by atoms with van der Waals surface area (Å²) in [5.74, 6) is 6.06. The van der Waals surface area contributed by atoms with Gasteiger partial charge in [0.05, 0.1) is 24.5 Å². The van der Waals surface area contributed by atoms with E-state index in [4.69, 9.17) is 16.2 Å². The molecule has 2 bridgehead atoms. The fourth-order valence-corrected chi connectivity index (χ4v) is 9.54. The number of Topliss-reactive ketones (excluding diaryl/α,β-unsaturated/α-hetero) is 1. The molecular weight excluding hydrogens is 624 g/mol. The van der Waals surface area contributed by atoms with Gasteiger partial charge < -0.3 is 31.5 Å². The van der Waals surface area contributed by atoms with Crippen molar-refractivity contribution in [2.45, 2.75) is 109 Å². The Labute approximate surface area is 299 Å². The number of ether oxygens (including phenoxy) is 1. The molecule has 1 aromatic carbocycles. The number of nitrogens with two attached hydrogens (primary N) is 2. The van der Waals surface area contributed by atoms with Crippen LogP contribution in [0.5, 0.6) is 0 Å². The van der Waals surface area contributed by atoms with Crippen LogP contribution < -0.4 is 11.5 Å². The van der Waals surface area contributed by atoms with Gasteiger partial charge in [-0.05, 0) is 106 Å². The van der Waals surface area contributed by atoms with E-state index in [0.717, 1.165) is 53.5 Å². The molecule has 270 valence electrons. The van der Waals surface area contributed by atoms with E-state index in [2.05, 4.69) is 37.5 Å². The topological polar surface area (TPSA) is 139 Å². The monoisotopic (exact) mass is 682 g/mol. The number of rotatable bonds is 8. The number of fused-ring (bicyclic) bond motifs is 1. The van der Waals surface area contributed by atoms with Crippen LogP contribution in [0.2, 0.25) is 0 Å².